The van der Waals surface area contributed by atoms with Crippen LogP contribution in [0, 0.1) is 0 Å². The Hall–Kier alpha value is -2.54. The third-order valence-corrected chi connectivity index (χ3v) is 4.07. The molecule has 1 fully saturated rings. The first-order chi connectivity index (χ1) is 11.2. The van der Waals surface area contributed by atoms with E-state index < -0.39 is 0 Å². The Morgan fingerprint density at radius 3 is 2.83 bits per heavy atom. The molecule has 23 heavy (non-hydrogen) atoms. The van der Waals surface area contributed by atoms with Crippen LogP contribution in [0.3, 0.4) is 0 Å². The first kappa shape index (κ1) is 15.4. The van der Waals surface area contributed by atoms with Gasteiger partial charge in [-0.15, -0.1) is 0 Å². The van der Waals surface area contributed by atoms with E-state index in [9.17, 15) is 9.59 Å². The van der Waals surface area contributed by atoms with Gasteiger partial charge in [-0.05, 0) is 24.3 Å². The number of amides is 2. The van der Waals surface area contributed by atoms with Gasteiger partial charge in [0.2, 0.25) is 11.8 Å². The Morgan fingerprint density at radius 1 is 1.26 bits per heavy atom. The van der Waals surface area contributed by atoms with Crippen molar-refractivity contribution in [1.82, 2.24) is 9.88 Å². The van der Waals surface area contributed by atoms with E-state index in [2.05, 4.69) is 10.3 Å². The highest BCUT2D eigenvalue weighted by Gasteiger charge is 2.23. The van der Waals surface area contributed by atoms with E-state index >= 15 is 0 Å². The molecule has 2 aromatic rings. The second-order valence-electron chi connectivity index (χ2n) is 4.86. The smallest absolute Gasteiger partial charge is 0.282 e. The highest BCUT2D eigenvalue weighted by Crippen LogP contribution is 2.26. The standard InChI is InChI=1S/C16H15N3O3S/c20-14(11-19-9-10-23-16(19)21)18-13-7-4-8-17-15(13)22-12-5-2-1-3-6-12/h1-8H,9-11H2,(H,18,20). The number of ether oxygens (including phenoxy) is 1. The molecular weight excluding hydrogens is 314 g/mol. The summed E-state index contributed by atoms with van der Waals surface area (Å²) < 4.78 is 5.69. The van der Waals surface area contributed by atoms with Gasteiger partial charge in [-0.3, -0.25) is 9.59 Å². The molecule has 0 atom stereocenters. The van der Waals surface area contributed by atoms with Crippen molar-refractivity contribution in [2.45, 2.75) is 0 Å². The fourth-order valence-corrected chi connectivity index (χ4v) is 2.92. The number of carbonyl (C=O) groups excluding carboxylic acids is 2. The second kappa shape index (κ2) is 7.15. The monoisotopic (exact) mass is 329 g/mol. The summed E-state index contributed by atoms with van der Waals surface area (Å²) in [5.41, 5.74) is 0.473. The van der Waals surface area contributed by atoms with Crippen molar-refractivity contribution in [3.63, 3.8) is 0 Å². The molecule has 0 bridgehead atoms. The molecule has 0 unspecified atom stereocenters. The maximum absolute atomic E-state index is 12.1. The van der Waals surface area contributed by atoms with Gasteiger partial charge in [-0.25, -0.2) is 4.98 Å². The van der Waals surface area contributed by atoms with Crippen LogP contribution in [0.15, 0.2) is 48.7 Å². The topological polar surface area (TPSA) is 71.5 Å². The van der Waals surface area contributed by atoms with Crippen molar-refractivity contribution >= 4 is 28.6 Å². The van der Waals surface area contributed by atoms with Gasteiger partial charge in [0.15, 0.2) is 0 Å². The number of carbonyl (C=O) groups is 2. The van der Waals surface area contributed by atoms with Crippen molar-refractivity contribution in [3.8, 4) is 11.6 Å². The van der Waals surface area contributed by atoms with Crippen LogP contribution < -0.4 is 10.1 Å². The van der Waals surface area contributed by atoms with Crippen LogP contribution >= 0.6 is 11.8 Å². The quantitative estimate of drug-likeness (QED) is 0.913. The van der Waals surface area contributed by atoms with E-state index in [1.165, 1.54) is 16.7 Å². The molecule has 1 aromatic carbocycles. The number of anilines is 1. The lowest BCUT2D eigenvalue weighted by Crippen LogP contribution is -2.33. The van der Waals surface area contributed by atoms with Gasteiger partial charge in [-0.2, -0.15) is 0 Å². The summed E-state index contributed by atoms with van der Waals surface area (Å²) in [6, 6.07) is 12.6. The van der Waals surface area contributed by atoms with Crippen LogP contribution in [0.1, 0.15) is 0 Å². The van der Waals surface area contributed by atoms with Crippen molar-refractivity contribution in [2.24, 2.45) is 0 Å². The number of nitrogens with zero attached hydrogens (tertiary/aromatic N) is 2. The number of hydrogen-bond acceptors (Lipinski definition) is 5. The van der Waals surface area contributed by atoms with E-state index in [0.29, 0.717) is 23.9 Å². The lowest BCUT2D eigenvalue weighted by atomic mass is 10.3. The SMILES string of the molecule is O=C(CN1CCSC1=O)Nc1cccnc1Oc1ccccc1. The van der Waals surface area contributed by atoms with E-state index in [-0.39, 0.29) is 17.7 Å². The third kappa shape index (κ3) is 4.01. The van der Waals surface area contributed by atoms with Crippen LogP contribution in [0.2, 0.25) is 0 Å². The molecule has 7 heteroatoms. The zero-order valence-corrected chi connectivity index (χ0v) is 13.1. The first-order valence-electron chi connectivity index (χ1n) is 7.12. The van der Waals surface area contributed by atoms with Crippen molar-refractivity contribution in [1.29, 1.82) is 0 Å². The van der Waals surface area contributed by atoms with E-state index in [0.717, 1.165) is 5.75 Å². The molecule has 6 nitrogen and oxygen atoms in total. The summed E-state index contributed by atoms with van der Waals surface area (Å²) in [7, 11) is 0. The van der Waals surface area contributed by atoms with Gasteiger partial charge in [0.05, 0.1) is 0 Å². The maximum atomic E-state index is 12.1. The van der Waals surface area contributed by atoms with Gasteiger partial charge < -0.3 is 15.0 Å². The number of aromatic nitrogens is 1. The highest BCUT2D eigenvalue weighted by molar-refractivity contribution is 8.13. The summed E-state index contributed by atoms with van der Waals surface area (Å²) in [4.78, 5) is 29.3. The minimum absolute atomic E-state index is 0.0332. The number of pyridine rings is 1. The Bertz CT molecular complexity index is 709. The van der Waals surface area contributed by atoms with Gasteiger partial charge >= 0.3 is 0 Å². The van der Waals surface area contributed by atoms with E-state index in [1.54, 1.807) is 30.5 Å². The molecule has 0 radical (unpaired) electrons. The largest absolute Gasteiger partial charge is 0.437 e. The fraction of sp³-hybridized carbons (Fsp3) is 0.188. The molecular formula is C16H15N3O3S. The molecule has 0 aliphatic carbocycles. The van der Waals surface area contributed by atoms with E-state index in [1.807, 2.05) is 18.2 Å². The lowest BCUT2D eigenvalue weighted by molar-refractivity contribution is -0.116. The molecule has 0 spiro atoms. The molecule has 1 N–H and O–H groups in total. The summed E-state index contributed by atoms with van der Waals surface area (Å²) in [6.07, 6.45) is 1.59. The maximum Gasteiger partial charge on any atom is 0.282 e. The number of rotatable bonds is 5. The molecule has 118 valence electrons. The molecule has 3 rings (SSSR count). The minimum atomic E-state index is -0.272. The molecule has 2 heterocycles. The minimum Gasteiger partial charge on any atom is -0.437 e. The third-order valence-electron chi connectivity index (χ3n) is 3.18. The van der Waals surface area contributed by atoms with E-state index in [4.69, 9.17) is 4.74 Å². The number of thioether (sulfide) groups is 1. The summed E-state index contributed by atoms with van der Waals surface area (Å²) in [5.74, 6) is 1.40. The van der Waals surface area contributed by atoms with Gasteiger partial charge in [0.1, 0.15) is 18.0 Å². The summed E-state index contributed by atoms with van der Waals surface area (Å²) in [5, 5.41) is 2.69. The van der Waals surface area contributed by atoms with Crippen LogP contribution in [-0.2, 0) is 4.79 Å². The predicted molar refractivity (Wildman–Crippen MR) is 88.8 cm³/mol. The molecule has 1 saturated heterocycles. The first-order valence-corrected chi connectivity index (χ1v) is 8.10. The normalized spacial score (nSPS) is 13.9. The van der Waals surface area contributed by atoms with Crippen molar-refractivity contribution in [2.75, 3.05) is 24.2 Å². The lowest BCUT2D eigenvalue weighted by Gasteiger charge is -2.15. The number of benzene rings is 1. The van der Waals surface area contributed by atoms with Gasteiger partial charge in [-0.1, -0.05) is 30.0 Å². The summed E-state index contributed by atoms with van der Waals surface area (Å²) >= 11 is 1.23. The number of para-hydroxylation sites is 1. The Labute approximate surface area is 137 Å². The summed E-state index contributed by atoms with van der Waals surface area (Å²) in [6.45, 7) is 0.628. The van der Waals surface area contributed by atoms with Gasteiger partial charge in [0, 0.05) is 18.5 Å². The van der Waals surface area contributed by atoms with Crippen molar-refractivity contribution in [3.05, 3.63) is 48.7 Å². The molecule has 2 amide bonds. The van der Waals surface area contributed by atoms with Crippen LogP contribution in [-0.4, -0.2) is 39.9 Å². The van der Waals surface area contributed by atoms with Crippen molar-refractivity contribution < 1.29 is 14.3 Å². The van der Waals surface area contributed by atoms with Gasteiger partial charge in [0.25, 0.3) is 5.24 Å². The molecule has 0 saturated carbocycles. The van der Waals surface area contributed by atoms with Crippen LogP contribution in [0.25, 0.3) is 0 Å². The average Bonchev–Trinajstić information content (AvgIpc) is 2.95. The van der Waals surface area contributed by atoms with Crippen LogP contribution in [0.4, 0.5) is 10.5 Å². The number of hydrogen-bond donors (Lipinski definition) is 1. The Balaban J connectivity index is 1.68. The second-order valence-corrected chi connectivity index (χ2v) is 5.90. The molecule has 1 aliphatic rings. The zero-order valence-electron chi connectivity index (χ0n) is 12.3. The predicted octanol–water partition coefficient (Wildman–Crippen LogP) is 2.98. The Morgan fingerprint density at radius 2 is 2.09 bits per heavy atom. The van der Waals surface area contributed by atoms with Crippen LogP contribution in [0.5, 0.6) is 11.6 Å². The Kier molecular flexibility index (Phi) is 4.77. The zero-order chi connectivity index (χ0) is 16.1. The highest BCUT2D eigenvalue weighted by atomic mass is 32.2. The number of nitrogens with one attached hydrogen (secondary N) is 1. The molecule has 1 aliphatic heterocycles. The fourth-order valence-electron chi connectivity index (χ4n) is 2.10. The molecule has 1 aromatic heterocycles. The average molecular weight is 329 g/mol.